The first-order valence-electron chi connectivity index (χ1n) is 7.24. The first kappa shape index (κ1) is 14.7. The van der Waals surface area contributed by atoms with Crippen molar-refractivity contribution in [3.05, 3.63) is 11.3 Å². The maximum Gasteiger partial charge on any atom is 0.130 e. The highest BCUT2D eigenvalue weighted by atomic mass is 32.2. The lowest BCUT2D eigenvalue weighted by Crippen LogP contribution is -2.30. The number of hydrogen-bond donors (Lipinski definition) is 1. The van der Waals surface area contributed by atoms with E-state index in [9.17, 15) is 0 Å². The van der Waals surface area contributed by atoms with E-state index in [0.717, 1.165) is 31.6 Å². The summed E-state index contributed by atoms with van der Waals surface area (Å²) in [5.74, 6) is 3.78. The fraction of sp³-hybridized carbons (Fsp3) is 0.786. The van der Waals surface area contributed by atoms with Crippen molar-refractivity contribution in [1.29, 1.82) is 0 Å². The van der Waals surface area contributed by atoms with E-state index in [1.54, 1.807) is 0 Å². The molecule has 108 valence electrons. The molecule has 0 spiro atoms. The quantitative estimate of drug-likeness (QED) is 0.917. The predicted octanol–water partition coefficient (Wildman–Crippen LogP) is 1.95. The van der Waals surface area contributed by atoms with Crippen molar-refractivity contribution in [3.8, 4) is 0 Å². The van der Waals surface area contributed by atoms with Gasteiger partial charge in [-0.15, -0.1) is 0 Å². The van der Waals surface area contributed by atoms with Crippen LogP contribution in [-0.4, -0.2) is 40.4 Å². The van der Waals surface area contributed by atoms with E-state index in [0.29, 0.717) is 0 Å². The summed E-state index contributed by atoms with van der Waals surface area (Å²) < 4.78 is 2.04. The third kappa shape index (κ3) is 3.45. The highest BCUT2D eigenvalue weighted by molar-refractivity contribution is 7.99. The van der Waals surface area contributed by atoms with Crippen LogP contribution in [0.15, 0.2) is 0 Å². The molecule has 1 aromatic heterocycles. The monoisotopic (exact) mass is 282 g/mol. The highest BCUT2D eigenvalue weighted by Crippen LogP contribution is 2.26. The van der Waals surface area contributed by atoms with Gasteiger partial charge < -0.3 is 10.6 Å². The van der Waals surface area contributed by atoms with Crippen molar-refractivity contribution >= 4 is 17.6 Å². The normalized spacial score (nSPS) is 18.4. The number of rotatable bonds is 4. The standard InChI is InChI=1S/C14H26N4S/c1-4-12(15)10-13-11(2)16-17(3)14(13)18-6-5-8-19-9-7-18/h12H,4-10,15H2,1-3H3. The molecule has 0 saturated carbocycles. The maximum atomic E-state index is 6.15. The van der Waals surface area contributed by atoms with Crippen molar-refractivity contribution in [1.82, 2.24) is 9.78 Å². The van der Waals surface area contributed by atoms with E-state index in [-0.39, 0.29) is 6.04 Å². The summed E-state index contributed by atoms with van der Waals surface area (Å²) in [6, 6.07) is 0.239. The number of hydrogen-bond acceptors (Lipinski definition) is 4. The molecule has 1 aliphatic heterocycles. The van der Waals surface area contributed by atoms with Crippen LogP contribution in [0.2, 0.25) is 0 Å². The zero-order valence-electron chi connectivity index (χ0n) is 12.4. The molecule has 0 aliphatic carbocycles. The van der Waals surface area contributed by atoms with Crippen LogP contribution in [0.4, 0.5) is 5.82 Å². The van der Waals surface area contributed by atoms with Crippen LogP contribution in [0.5, 0.6) is 0 Å². The molecule has 1 fully saturated rings. The van der Waals surface area contributed by atoms with E-state index >= 15 is 0 Å². The Kier molecular flexibility index (Phi) is 5.16. The third-order valence-electron chi connectivity index (χ3n) is 3.83. The second kappa shape index (κ2) is 6.66. The Morgan fingerprint density at radius 1 is 1.37 bits per heavy atom. The van der Waals surface area contributed by atoms with E-state index in [4.69, 9.17) is 5.73 Å². The molecule has 1 atom stereocenters. The molecular formula is C14H26N4S. The second-order valence-corrected chi connectivity index (χ2v) is 6.56. The largest absolute Gasteiger partial charge is 0.356 e. The number of thioether (sulfide) groups is 1. The lowest BCUT2D eigenvalue weighted by Gasteiger charge is -2.24. The van der Waals surface area contributed by atoms with Crippen LogP contribution < -0.4 is 10.6 Å². The van der Waals surface area contributed by atoms with Crippen molar-refractivity contribution in [3.63, 3.8) is 0 Å². The van der Waals surface area contributed by atoms with Gasteiger partial charge in [-0.05, 0) is 31.9 Å². The van der Waals surface area contributed by atoms with Crippen LogP contribution in [0.25, 0.3) is 0 Å². The lowest BCUT2D eigenvalue weighted by molar-refractivity contribution is 0.640. The van der Waals surface area contributed by atoms with Gasteiger partial charge >= 0.3 is 0 Å². The molecule has 0 radical (unpaired) electrons. The first-order chi connectivity index (χ1) is 9.13. The van der Waals surface area contributed by atoms with Crippen molar-refractivity contribution in [2.75, 3.05) is 29.5 Å². The van der Waals surface area contributed by atoms with Crippen LogP contribution in [0.1, 0.15) is 31.0 Å². The Hall–Kier alpha value is -0.680. The fourth-order valence-corrected chi connectivity index (χ4v) is 3.58. The molecule has 19 heavy (non-hydrogen) atoms. The molecule has 5 heteroatoms. The van der Waals surface area contributed by atoms with Gasteiger partial charge in [0.15, 0.2) is 0 Å². The van der Waals surface area contributed by atoms with Gasteiger partial charge in [-0.3, -0.25) is 4.68 Å². The average molecular weight is 282 g/mol. The summed E-state index contributed by atoms with van der Waals surface area (Å²) in [6.45, 7) is 6.52. The molecule has 1 saturated heterocycles. The summed E-state index contributed by atoms with van der Waals surface area (Å²) in [7, 11) is 2.06. The summed E-state index contributed by atoms with van der Waals surface area (Å²) >= 11 is 2.06. The Balaban J connectivity index is 2.26. The van der Waals surface area contributed by atoms with Crippen molar-refractivity contribution < 1.29 is 0 Å². The van der Waals surface area contributed by atoms with Gasteiger partial charge in [0.1, 0.15) is 5.82 Å². The molecule has 0 amide bonds. The molecule has 2 heterocycles. The minimum absolute atomic E-state index is 0.239. The van der Waals surface area contributed by atoms with E-state index in [1.165, 1.54) is 29.3 Å². The summed E-state index contributed by atoms with van der Waals surface area (Å²) in [6.07, 6.45) is 3.22. The first-order valence-corrected chi connectivity index (χ1v) is 8.39. The molecule has 4 nitrogen and oxygen atoms in total. The molecule has 1 aromatic rings. The van der Waals surface area contributed by atoms with E-state index < -0.39 is 0 Å². The van der Waals surface area contributed by atoms with Gasteiger partial charge in [-0.25, -0.2) is 0 Å². The SMILES string of the molecule is CCC(N)Cc1c(C)nn(C)c1N1CCCSCC1. The second-order valence-electron chi connectivity index (χ2n) is 5.34. The molecule has 1 aliphatic rings. The Morgan fingerprint density at radius 2 is 2.16 bits per heavy atom. The topological polar surface area (TPSA) is 47.1 Å². The van der Waals surface area contributed by atoms with E-state index in [2.05, 4.69) is 42.7 Å². The van der Waals surface area contributed by atoms with Gasteiger partial charge in [-0.1, -0.05) is 6.92 Å². The smallest absolute Gasteiger partial charge is 0.130 e. The van der Waals surface area contributed by atoms with Crippen LogP contribution in [0.3, 0.4) is 0 Å². The minimum Gasteiger partial charge on any atom is -0.356 e. The number of aryl methyl sites for hydroxylation is 2. The fourth-order valence-electron chi connectivity index (χ4n) is 2.69. The zero-order valence-corrected chi connectivity index (χ0v) is 13.2. The number of anilines is 1. The lowest BCUT2D eigenvalue weighted by atomic mass is 10.0. The summed E-state index contributed by atoms with van der Waals surface area (Å²) in [5.41, 5.74) is 8.64. The van der Waals surface area contributed by atoms with Gasteiger partial charge in [0.2, 0.25) is 0 Å². The van der Waals surface area contributed by atoms with Gasteiger partial charge in [0.25, 0.3) is 0 Å². The van der Waals surface area contributed by atoms with Gasteiger partial charge in [0.05, 0.1) is 5.69 Å². The zero-order chi connectivity index (χ0) is 13.8. The van der Waals surface area contributed by atoms with Crippen molar-refractivity contribution in [2.24, 2.45) is 12.8 Å². The molecular weight excluding hydrogens is 256 g/mol. The third-order valence-corrected chi connectivity index (χ3v) is 4.87. The molecule has 2 rings (SSSR count). The summed E-state index contributed by atoms with van der Waals surface area (Å²) in [4.78, 5) is 2.50. The van der Waals surface area contributed by atoms with Crippen LogP contribution in [-0.2, 0) is 13.5 Å². The number of nitrogens with zero attached hydrogens (tertiary/aromatic N) is 3. The summed E-state index contributed by atoms with van der Waals surface area (Å²) in [5, 5.41) is 4.62. The highest BCUT2D eigenvalue weighted by Gasteiger charge is 2.21. The average Bonchev–Trinajstić information content (AvgIpc) is 2.61. The number of nitrogens with two attached hydrogens (primary N) is 1. The van der Waals surface area contributed by atoms with E-state index in [1.807, 2.05) is 4.68 Å². The molecule has 2 N–H and O–H groups in total. The van der Waals surface area contributed by atoms with Gasteiger partial charge in [0, 0.05) is 37.5 Å². The Bertz CT molecular complexity index is 408. The maximum absolute atomic E-state index is 6.15. The predicted molar refractivity (Wildman–Crippen MR) is 84.1 cm³/mol. The molecule has 0 bridgehead atoms. The Morgan fingerprint density at radius 3 is 2.89 bits per heavy atom. The molecule has 1 unspecified atom stereocenters. The minimum atomic E-state index is 0.239. The van der Waals surface area contributed by atoms with Crippen molar-refractivity contribution in [2.45, 2.75) is 39.2 Å². The van der Waals surface area contributed by atoms with Crippen LogP contribution in [0, 0.1) is 6.92 Å². The van der Waals surface area contributed by atoms with Gasteiger partial charge in [-0.2, -0.15) is 16.9 Å². The molecule has 0 aromatic carbocycles. The Labute approximate surface area is 120 Å². The number of aromatic nitrogens is 2. The van der Waals surface area contributed by atoms with Crippen LogP contribution >= 0.6 is 11.8 Å².